The Bertz CT molecular complexity index is 1200. The molecule has 3 aromatic rings. The second kappa shape index (κ2) is 9.82. The third-order valence-electron chi connectivity index (χ3n) is 4.26. The number of anilines is 1. The summed E-state index contributed by atoms with van der Waals surface area (Å²) < 4.78 is 33.1. The van der Waals surface area contributed by atoms with Gasteiger partial charge in [-0.05, 0) is 36.6 Å². The summed E-state index contributed by atoms with van der Waals surface area (Å²) in [6, 6.07) is 11.6. The van der Waals surface area contributed by atoms with Gasteiger partial charge in [-0.1, -0.05) is 42.7 Å². The van der Waals surface area contributed by atoms with Gasteiger partial charge in [-0.3, -0.25) is 4.79 Å². The maximum absolute atomic E-state index is 12.8. The van der Waals surface area contributed by atoms with E-state index in [4.69, 9.17) is 16.1 Å². The highest BCUT2D eigenvalue weighted by atomic mass is 35.5. The Hall–Kier alpha value is -2.40. The first-order valence-electron chi connectivity index (χ1n) is 9.27. The molecule has 3 rings (SSSR count). The minimum Gasteiger partial charge on any atom is -0.338 e. The number of rotatable bonds is 8. The molecule has 0 radical (unpaired) electrons. The van der Waals surface area contributed by atoms with Gasteiger partial charge >= 0.3 is 0 Å². The highest BCUT2D eigenvalue weighted by Crippen LogP contribution is 2.29. The highest BCUT2D eigenvalue weighted by molar-refractivity contribution is 7.98. The van der Waals surface area contributed by atoms with Crippen molar-refractivity contribution in [3.63, 3.8) is 0 Å². The van der Waals surface area contributed by atoms with Crippen molar-refractivity contribution in [2.45, 2.75) is 30.2 Å². The van der Waals surface area contributed by atoms with E-state index in [1.54, 1.807) is 44.2 Å². The predicted octanol–water partition coefficient (Wildman–Crippen LogP) is 4.18. The van der Waals surface area contributed by atoms with Crippen LogP contribution >= 0.6 is 23.4 Å². The highest BCUT2D eigenvalue weighted by Gasteiger charge is 2.19. The fourth-order valence-corrected chi connectivity index (χ4v) is 4.30. The van der Waals surface area contributed by atoms with Gasteiger partial charge in [0, 0.05) is 16.4 Å². The lowest BCUT2D eigenvalue weighted by atomic mass is 10.2. The molecule has 31 heavy (non-hydrogen) atoms. The van der Waals surface area contributed by atoms with Crippen molar-refractivity contribution in [2.75, 3.05) is 11.6 Å². The van der Waals surface area contributed by atoms with E-state index in [2.05, 4.69) is 20.2 Å². The number of benzene rings is 2. The summed E-state index contributed by atoms with van der Waals surface area (Å²) in [7, 11) is -3.89. The van der Waals surface area contributed by atoms with E-state index in [1.165, 1.54) is 23.9 Å². The average Bonchev–Trinajstić information content (AvgIpc) is 3.21. The molecule has 2 aromatic carbocycles. The fraction of sp³-hybridized carbons (Fsp3) is 0.250. The lowest BCUT2D eigenvalue weighted by Gasteiger charge is -2.13. The second-order valence-corrected chi connectivity index (χ2v) is 9.84. The summed E-state index contributed by atoms with van der Waals surface area (Å²) in [5, 5.41) is 7.08. The number of hydrogen-bond donors (Lipinski definition) is 2. The van der Waals surface area contributed by atoms with Gasteiger partial charge in [0.25, 0.3) is 0 Å². The summed E-state index contributed by atoms with van der Waals surface area (Å²) in [6.07, 6.45) is 1.85. The molecular weight excluding hydrogens is 460 g/mol. The van der Waals surface area contributed by atoms with E-state index in [-0.39, 0.29) is 35.0 Å². The molecule has 0 saturated carbocycles. The maximum atomic E-state index is 12.8. The zero-order valence-corrected chi connectivity index (χ0v) is 19.4. The molecule has 8 nitrogen and oxygen atoms in total. The van der Waals surface area contributed by atoms with Crippen molar-refractivity contribution in [3.05, 3.63) is 53.4 Å². The Morgan fingerprint density at radius 2 is 1.97 bits per heavy atom. The van der Waals surface area contributed by atoms with Crippen LogP contribution in [0.3, 0.4) is 0 Å². The van der Waals surface area contributed by atoms with Gasteiger partial charge in [-0.15, -0.1) is 11.8 Å². The van der Waals surface area contributed by atoms with Gasteiger partial charge in [-0.25, -0.2) is 13.1 Å². The van der Waals surface area contributed by atoms with Crippen LogP contribution in [0.5, 0.6) is 0 Å². The Kier molecular flexibility index (Phi) is 7.37. The number of hydrogen-bond acceptors (Lipinski definition) is 7. The topological polar surface area (TPSA) is 114 Å². The fourth-order valence-electron chi connectivity index (χ4n) is 2.55. The molecule has 1 amide bonds. The number of halogens is 1. The van der Waals surface area contributed by atoms with Crippen molar-refractivity contribution >= 4 is 45.0 Å². The molecule has 0 unspecified atom stereocenters. The van der Waals surface area contributed by atoms with E-state index >= 15 is 0 Å². The number of sulfonamides is 1. The molecule has 0 saturated heterocycles. The lowest BCUT2D eigenvalue weighted by Crippen LogP contribution is -2.24. The number of amides is 1. The SMILES string of the molecule is CSc1ccc(S(=O)(=O)NCc2nc(-c3ccccc3Cl)no2)cc1NC(=O)C(C)C. The van der Waals surface area contributed by atoms with Crippen LogP contribution in [0.1, 0.15) is 19.7 Å². The summed E-state index contributed by atoms with van der Waals surface area (Å²) in [4.78, 5) is 17.0. The Morgan fingerprint density at radius 3 is 2.65 bits per heavy atom. The zero-order valence-electron chi connectivity index (χ0n) is 17.0. The Morgan fingerprint density at radius 1 is 1.23 bits per heavy atom. The van der Waals surface area contributed by atoms with Crippen LogP contribution in [0.15, 0.2) is 56.8 Å². The van der Waals surface area contributed by atoms with E-state index in [1.807, 2.05) is 6.26 Å². The predicted molar refractivity (Wildman–Crippen MR) is 120 cm³/mol. The van der Waals surface area contributed by atoms with Gasteiger partial charge in [0.2, 0.25) is 27.6 Å². The van der Waals surface area contributed by atoms with Crippen LogP contribution in [0.25, 0.3) is 11.4 Å². The summed E-state index contributed by atoms with van der Waals surface area (Å²) in [5.74, 6) is -0.0796. The molecule has 164 valence electrons. The number of aromatic nitrogens is 2. The van der Waals surface area contributed by atoms with Crippen molar-refractivity contribution in [2.24, 2.45) is 5.92 Å². The molecule has 0 spiro atoms. The second-order valence-electron chi connectivity index (χ2n) is 6.82. The molecule has 2 N–H and O–H groups in total. The first-order valence-corrected chi connectivity index (χ1v) is 12.4. The van der Waals surface area contributed by atoms with Gasteiger partial charge in [0.15, 0.2) is 0 Å². The zero-order chi connectivity index (χ0) is 22.6. The summed E-state index contributed by atoms with van der Waals surface area (Å²) >= 11 is 7.53. The van der Waals surface area contributed by atoms with Crippen molar-refractivity contribution in [3.8, 4) is 11.4 Å². The summed E-state index contributed by atoms with van der Waals surface area (Å²) in [5.41, 5.74) is 1.02. The quantitative estimate of drug-likeness (QED) is 0.464. The smallest absolute Gasteiger partial charge is 0.242 e. The molecule has 0 aliphatic rings. The van der Waals surface area contributed by atoms with Gasteiger partial charge in [-0.2, -0.15) is 4.98 Å². The van der Waals surface area contributed by atoms with Crippen LogP contribution in [0.2, 0.25) is 5.02 Å². The first-order chi connectivity index (χ1) is 14.7. The van der Waals surface area contributed by atoms with Gasteiger partial charge in [0.1, 0.15) is 0 Å². The molecule has 0 fully saturated rings. The standard InChI is InChI=1S/C20H21ClN4O4S2/c1-12(2)20(26)23-16-10-13(8-9-17(16)30-3)31(27,28)22-11-18-24-19(25-29-18)14-6-4-5-7-15(14)21/h4-10,12,22H,11H2,1-3H3,(H,23,26). The van der Waals surface area contributed by atoms with Crippen LogP contribution < -0.4 is 10.0 Å². The van der Waals surface area contributed by atoms with Crippen molar-refractivity contribution in [1.82, 2.24) is 14.9 Å². The van der Waals surface area contributed by atoms with E-state index in [0.717, 1.165) is 4.90 Å². The normalized spacial score (nSPS) is 11.6. The number of thioether (sulfide) groups is 1. The van der Waals surface area contributed by atoms with E-state index in [0.29, 0.717) is 16.3 Å². The van der Waals surface area contributed by atoms with Crippen LogP contribution in [0.4, 0.5) is 5.69 Å². The minimum absolute atomic E-state index is 0.00944. The van der Waals surface area contributed by atoms with E-state index < -0.39 is 10.0 Å². The third-order valence-corrected chi connectivity index (χ3v) is 6.78. The Balaban J connectivity index is 1.77. The lowest BCUT2D eigenvalue weighted by molar-refractivity contribution is -0.118. The maximum Gasteiger partial charge on any atom is 0.242 e. The Labute approximate surface area is 189 Å². The molecular formula is C20H21ClN4O4S2. The average molecular weight is 481 g/mol. The largest absolute Gasteiger partial charge is 0.338 e. The van der Waals surface area contributed by atoms with Crippen molar-refractivity contribution in [1.29, 1.82) is 0 Å². The number of nitrogens with one attached hydrogen (secondary N) is 2. The molecule has 1 heterocycles. The number of carbonyl (C=O) groups excluding carboxylic acids is 1. The third kappa shape index (κ3) is 5.65. The minimum atomic E-state index is -3.89. The van der Waals surface area contributed by atoms with E-state index in [9.17, 15) is 13.2 Å². The molecule has 1 aromatic heterocycles. The van der Waals surface area contributed by atoms with Crippen LogP contribution in [-0.4, -0.2) is 30.7 Å². The van der Waals surface area contributed by atoms with Crippen LogP contribution in [-0.2, 0) is 21.4 Å². The number of nitrogens with zero attached hydrogens (tertiary/aromatic N) is 2. The monoisotopic (exact) mass is 480 g/mol. The van der Waals surface area contributed by atoms with Crippen LogP contribution in [0, 0.1) is 5.92 Å². The van der Waals surface area contributed by atoms with Gasteiger partial charge < -0.3 is 9.84 Å². The molecule has 0 atom stereocenters. The molecule has 0 aliphatic carbocycles. The number of carbonyl (C=O) groups is 1. The molecule has 0 bridgehead atoms. The first kappa shape index (κ1) is 23.3. The van der Waals surface area contributed by atoms with Crippen molar-refractivity contribution < 1.29 is 17.7 Å². The molecule has 0 aliphatic heterocycles. The van der Waals surface area contributed by atoms with Gasteiger partial charge in [0.05, 0.1) is 22.2 Å². The molecule has 11 heteroatoms. The summed E-state index contributed by atoms with van der Waals surface area (Å²) in [6.45, 7) is 3.33.